The summed E-state index contributed by atoms with van der Waals surface area (Å²) in [5.74, 6) is 0.225. The lowest BCUT2D eigenvalue weighted by Crippen LogP contribution is -2.31. The number of anilines is 1. The molecule has 0 amide bonds. The summed E-state index contributed by atoms with van der Waals surface area (Å²) in [5.41, 5.74) is 1.82. The monoisotopic (exact) mass is 369 g/mol. The molecule has 24 heavy (non-hydrogen) atoms. The highest BCUT2D eigenvalue weighted by Gasteiger charge is 2.16. The first-order valence-electron chi connectivity index (χ1n) is 8.16. The zero-order valence-corrected chi connectivity index (χ0v) is 15.7. The van der Waals surface area contributed by atoms with E-state index in [4.69, 9.17) is 11.6 Å². The zero-order chi connectivity index (χ0) is 17.6. The van der Waals surface area contributed by atoms with Crippen LogP contribution in [0.4, 0.5) is 5.69 Å². The van der Waals surface area contributed by atoms with Crippen LogP contribution in [0.3, 0.4) is 0 Å². The molecule has 0 saturated heterocycles. The molecule has 0 aliphatic heterocycles. The first-order valence-corrected chi connectivity index (χ1v) is 10.1. The fourth-order valence-corrected chi connectivity index (χ4v) is 3.96. The number of pyridine rings is 1. The second-order valence-electron chi connectivity index (χ2n) is 5.79. The van der Waals surface area contributed by atoms with E-state index in [1.165, 1.54) is 4.31 Å². The number of aromatic nitrogens is 1. The normalized spacial score (nSPS) is 12.0. The van der Waals surface area contributed by atoms with Gasteiger partial charge >= 0.3 is 0 Å². The van der Waals surface area contributed by atoms with Crippen molar-refractivity contribution in [1.82, 2.24) is 9.29 Å². The number of halogens is 1. The lowest BCUT2D eigenvalue weighted by molar-refractivity contribution is 0.464. The number of sulfonamides is 1. The molecule has 7 heteroatoms. The molecule has 2 rings (SSSR count). The first kappa shape index (κ1) is 19.0. The van der Waals surface area contributed by atoms with Gasteiger partial charge in [0.2, 0.25) is 10.0 Å². The third kappa shape index (κ3) is 5.06. The third-order valence-corrected chi connectivity index (χ3v) is 6.07. The van der Waals surface area contributed by atoms with Crippen molar-refractivity contribution >= 4 is 38.2 Å². The predicted octanol–water partition coefficient (Wildman–Crippen LogP) is 3.75. The Bertz CT molecular complexity index is 780. The molecule has 0 atom stereocenters. The molecule has 0 unspecified atom stereocenters. The number of rotatable bonds is 9. The Kier molecular flexibility index (Phi) is 6.83. The van der Waals surface area contributed by atoms with Crippen LogP contribution in [0.2, 0.25) is 5.02 Å². The van der Waals surface area contributed by atoms with Gasteiger partial charge in [-0.05, 0) is 37.1 Å². The maximum Gasteiger partial charge on any atom is 0.213 e. The average molecular weight is 370 g/mol. The number of fused-ring (bicyclic) bond motifs is 1. The molecule has 1 heterocycles. The van der Waals surface area contributed by atoms with Gasteiger partial charge in [-0.1, -0.05) is 24.9 Å². The van der Waals surface area contributed by atoms with Crippen molar-refractivity contribution in [3.8, 4) is 0 Å². The van der Waals surface area contributed by atoms with Crippen molar-refractivity contribution in [2.45, 2.75) is 26.2 Å². The highest BCUT2D eigenvalue weighted by atomic mass is 35.5. The van der Waals surface area contributed by atoms with Crippen molar-refractivity contribution in [3.05, 3.63) is 35.5 Å². The Morgan fingerprint density at radius 1 is 1.25 bits per heavy atom. The summed E-state index contributed by atoms with van der Waals surface area (Å²) in [6.07, 6.45) is 4.06. The molecule has 5 nitrogen and oxygen atoms in total. The molecule has 0 bridgehead atoms. The largest absolute Gasteiger partial charge is 0.384 e. The molecule has 0 saturated carbocycles. The molecule has 1 aromatic carbocycles. The van der Waals surface area contributed by atoms with Crippen LogP contribution in [0, 0.1) is 0 Å². The van der Waals surface area contributed by atoms with Crippen LogP contribution in [0.25, 0.3) is 10.9 Å². The smallest absolute Gasteiger partial charge is 0.213 e. The van der Waals surface area contributed by atoms with Crippen LogP contribution in [0.1, 0.15) is 26.2 Å². The molecule has 0 radical (unpaired) electrons. The molecule has 0 aliphatic rings. The quantitative estimate of drug-likeness (QED) is 0.684. The van der Waals surface area contributed by atoms with Crippen molar-refractivity contribution in [2.24, 2.45) is 0 Å². The number of hydrogen-bond donors (Lipinski definition) is 1. The van der Waals surface area contributed by atoms with E-state index in [-0.39, 0.29) is 5.75 Å². The minimum atomic E-state index is -3.13. The van der Waals surface area contributed by atoms with Crippen LogP contribution >= 0.6 is 11.6 Å². The predicted molar refractivity (Wildman–Crippen MR) is 101 cm³/mol. The molecule has 132 valence electrons. The minimum absolute atomic E-state index is 0.225. The van der Waals surface area contributed by atoms with Gasteiger partial charge in [0.05, 0.1) is 11.3 Å². The average Bonchev–Trinajstić information content (AvgIpc) is 2.56. The maximum atomic E-state index is 12.0. The summed E-state index contributed by atoms with van der Waals surface area (Å²) in [6.45, 7) is 3.19. The lowest BCUT2D eigenvalue weighted by Gasteiger charge is -2.17. The van der Waals surface area contributed by atoms with Crippen LogP contribution in [0.15, 0.2) is 30.5 Å². The first-order chi connectivity index (χ1) is 11.4. The van der Waals surface area contributed by atoms with Gasteiger partial charge in [-0.3, -0.25) is 4.98 Å². The molecular formula is C17H24ClN3O2S. The highest BCUT2D eigenvalue weighted by Crippen LogP contribution is 2.24. The summed E-state index contributed by atoms with van der Waals surface area (Å²) < 4.78 is 25.5. The summed E-state index contributed by atoms with van der Waals surface area (Å²) in [7, 11) is -1.48. The second-order valence-corrected chi connectivity index (χ2v) is 8.42. The SMILES string of the molecule is CCCCS(=O)(=O)N(C)CCCNc1ccnc2cc(Cl)ccc12. The van der Waals surface area contributed by atoms with Gasteiger partial charge in [-0.2, -0.15) is 0 Å². The standard InChI is InChI=1S/C17H24ClN3O2S/c1-3-4-12-24(22,23)21(2)11-5-9-19-16-8-10-20-17-13-14(18)6-7-15(16)17/h6-8,10,13H,3-5,9,11-12H2,1-2H3,(H,19,20). The Morgan fingerprint density at radius 2 is 2.04 bits per heavy atom. The fraction of sp³-hybridized carbons (Fsp3) is 0.471. The van der Waals surface area contributed by atoms with Gasteiger partial charge in [-0.15, -0.1) is 0 Å². The summed E-state index contributed by atoms with van der Waals surface area (Å²) in [6, 6.07) is 7.52. The number of benzene rings is 1. The molecule has 2 aromatic rings. The summed E-state index contributed by atoms with van der Waals surface area (Å²) >= 11 is 5.99. The molecule has 1 aromatic heterocycles. The number of unbranched alkanes of at least 4 members (excludes halogenated alkanes) is 1. The number of nitrogens with one attached hydrogen (secondary N) is 1. The lowest BCUT2D eigenvalue weighted by atomic mass is 10.2. The van der Waals surface area contributed by atoms with Crippen LogP contribution in [-0.4, -0.2) is 43.6 Å². The van der Waals surface area contributed by atoms with E-state index in [0.717, 1.165) is 29.4 Å². The molecule has 1 N–H and O–H groups in total. The van der Waals surface area contributed by atoms with Crippen molar-refractivity contribution in [3.63, 3.8) is 0 Å². The van der Waals surface area contributed by atoms with Crippen LogP contribution < -0.4 is 5.32 Å². The molecular weight excluding hydrogens is 346 g/mol. The van der Waals surface area contributed by atoms with E-state index >= 15 is 0 Å². The van der Waals surface area contributed by atoms with E-state index in [1.807, 2.05) is 31.2 Å². The van der Waals surface area contributed by atoms with Crippen LogP contribution in [0.5, 0.6) is 0 Å². The minimum Gasteiger partial charge on any atom is -0.384 e. The van der Waals surface area contributed by atoms with Crippen molar-refractivity contribution in [2.75, 3.05) is 31.2 Å². The van der Waals surface area contributed by atoms with Gasteiger partial charge in [0.25, 0.3) is 0 Å². The van der Waals surface area contributed by atoms with Gasteiger partial charge in [0.1, 0.15) is 0 Å². The molecule has 0 fully saturated rings. The third-order valence-electron chi connectivity index (χ3n) is 3.90. The van der Waals surface area contributed by atoms with E-state index in [1.54, 1.807) is 13.2 Å². The Hall–Kier alpha value is -1.37. The Morgan fingerprint density at radius 3 is 2.79 bits per heavy atom. The van der Waals surface area contributed by atoms with Gasteiger partial charge in [0.15, 0.2) is 0 Å². The van der Waals surface area contributed by atoms with Crippen molar-refractivity contribution < 1.29 is 8.42 Å². The van der Waals surface area contributed by atoms with Crippen molar-refractivity contribution in [1.29, 1.82) is 0 Å². The number of hydrogen-bond acceptors (Lipinski definition) is 4. The number of nitrogens with zero attached hydrogens (tertiary/aromatic N) is 2. The van der Waals surface area contributed by atoms with Crippen LogP contribution in [-0.2, 0) is 10.0 Å². The van der Waals surface area contributed by atoms with Gasteiger partial charge in [0, 0.05) is 42.4 Å². The highest BCUT2D eigenvalue weighted by molar-refractivity contribution is 7.89. The van der Waals surface area contributed by atoms with E-state index in [2.05, 4.69) is 10.3 Å². The zero-order valence-electron chi connectivity index (χ0n) is 14.1. The summed E-state index contributed by atoms with van der Waals surface area (Å²) in [5, 5.41) is 5.02. The van der Waals surface area contributed by atoms with E-state index < -0.39 is 10.0 Å². The van der Waals surface area contributed by atoms with E-state index in [0.29, 0.717) is 24.5 Å². The second kappa shape index (κ2) is 8.65. The Labute approximate surface area is 149 Å². The topological polar surface area (TPSA) is 62.3 Å². The van der Waals surface area contributed by atoms with Gasteiger partial charge < -0.3 is 5.32 Å². The molecule has 0 aliphatic carbocycles. The Balaban J connectivity index is 1.89. The van der Waals surface area contributed by atoms with Gasteiger partial charge in [-0.25, -0.2) is 12.7 Å². The fourth-order valence-electron chi connectivity index (χ4n) is 2.42. The van der Waals surface area contributed by atoms with E-state index in [9.17, 15) is 8.42 Å². The summed E-state index contributed by atoms with van der Waals surface area (Å²) in [4.78, 5) is 4.31. The maximum absolute atomic E-state index is 12.0. The molecule has 0 spiro atoms.